The fourth-order valence-electron chi connectivity index (χ4n) is 0.645. The van der Waals surface area contributed by atoms with Crippen LogP contribution < -0.4 is 0 Å². The Kier molecular flexibility index (Phi) is 6.90. The Balaban J connectivity index is 3.30. The summed E-state index contributed by atoms with van der Waals surface area (Å²) < 4.78 is 5.30. The van der Waals surface area contributed by atoms with Gasteiger partial charge >= 0.3 is 0 Å². The van der Waals surface area contributed by atoms with Gasteiger partial charge in [-0.3, -0.25) is 0 Å². The second kappa shape index (κ2) is 7.39. The Hall–Kier alpha value is -0.720. The molecule has 1 heteroatoms. The first-order valence-electron chi connectivity index (χ1n) is 4.29. The quantitative estimate of drug-likeness (QED) is 0.324. The summed E-state index contributed by atoms with van der Waals surface area (Å²) in [5.41, 5.74) is 0. The van der Waals surface area contributed by atoms with E-state index in [0.717, 1.165) is 25.2 Å². The summed E-state index contributed by atoms with van der Waals surface area (Å²) in [6, 6.07) is 0. The van der Waals surface area contributed by atoms with Gasteiger partial charge in [0.25, 0.3) is 0 Å². The number of unbranched alkanes of at least 4 members (excludes halogenated alkanes) is 1. The summed E-state index contributed by atoms with van der Waals surface area (Å²) in [5.74, 6) is 0.778. The molecule has 0 N–H and O–H groups in total. The Morgan fingerprint density at radius 1 is 1.45 bits per heavy atom. The summed E-state index contributed by atoms with van der Waals surface area (Å²) in [7, 11) is 0. The third-order valence-corrected chi connectivity index (χ3v) is 1.32. The van der Waals surface area contributed by atoms with Crippen molar-refractivity contribution in [2.45, 2.75) is 33.1 Å². The van der Waals surface area contributed by atoms with Crippen LogP contribution in [0.2, 0.25) is 0 Å². The molecule has 0 aliphatic rings. The van der Waals surface area contributed by atoms with Crippen LogP contribution in [0.4, 0.5) is 0 Å². The molecule has 0 bridgehead atoms. The highest BCUT2D eigenvalue weighted by molar-refractivity contribution is 5.06. The molecule has 0 radical (unpaired) electrons. The van der Waals surface area contributed by atoms with E-state index < -0.39 is 0 Å². The van der Waals surface area contributed by atoms with E-state index in [4.69, 9.17) is 4.74 Å². The van der Waals surface area contributed by atoms with Crippen molar-refractivity contribution in [2.75, 3.05) is 6.61 Å². The van der Waals surface area contributed by atoms with Crippen LogP contribution >= 0.6 is 0 Å². The molecule has 0 aliphatic heterocycles. The van der Waals surface area contributed by atoms with Crippen LogP contribution in [0, 0.1) is 0 Å². The molecule has 64 valence electrons. The summed E-state index contributed by atoms with van der Waals surface area (Å²) in [6.07, 6.45) is 7.30. The highest BCUT2D eigenvalue weighted by Crippen LogP contribution is 1.99. The molecule has 0 saturated heterocycles. The standard InChI is InChI=1S/C10H18O/c1-4-6-8-10(3)11-9-7-5-2/h6,8H,3-5,7,9H2,1-2H3/b8-6+. The van der Waals surface area contributed by atoms with Gasteiger partial charge in [0.1, 0.15) is 5.76 Å². The van der Waals surface area contributed by atoms with Crippen molar-refractivity contribution in [1.82, 2.24) is 0 Å². The summed E-state index contributed by atoms with van der Waals surface area (Å²) in [4.78, 5) is 0. The van der Waals surface area contributed by atoms with Crippen molar-refractivity contribution in [3.8, 4) is 0 Å². The number of hydrogen-bond donors (Lipinski definition) is 0. The zero-order valence-corrected chi connectivity index (χ0v) is 7.60. The molecule has 0 fully saturated rings. The van der Waals surface area contributed by atoms with Crippen molar-refractivity contribution in [3.05, 3.63) is 24.5 Å². The lowest BCUT2D eigenvalue weighted by Crippen LogP contribution is -1.90. The van der Waals surface area contributed by atoms with Crippen LogP contribution in [0.15, 0.2) is 24.5 Å². The molecular formula is C10H18O. The van der Waals surface area contributed by atoms with E-state index in [9.17, 15) is 0 Å². The van der Waals surface area contributed by atoms with Crippen LogP contribution in [-0.4, -0.2) is 6.61 Å². The molecule has 0 unspecified atom stereocenters. The van der Waals surface area contributed by atoms with E-state index >= 15 is 0 Å². The van der Waals surface area contributed by atoms with E-state index in [1.165, 1.54) is 6.42 Å². The van der Waals surface area contributed by atoms with E-state index in [1.54, 1.807) is 0 Å². The van der Waals surface area contributed by atoms with Crippen LogP contribution in [0.3, 0.4) is 0 Å². The lowest BCUT2D eigenvalue weighted by molar-refractivity contribution is 0.221. The number of rotatable bonds is 6. The Labute approximate surface area is 69.8 Å². The van der Waals surface area contributed by atoms with Crippen LogP contribution in [0.5, 0.6) is 0 Å². The summed E-state index contributed by atoms with van der Waals surface area (Å²) >= 11 is 0. The first-order valence-corrected chi connectivity index (χ1v) is 4.29. The lowest BCUT2D eigenvalue weighted by Gasteiger charge is -2.02. The number of hydrogen-bond acceptors (Lipinski definition) is 1. The molecule has 0 rings (SSSR count). The van der Waals surface area contributed by atoms with Gasteiger partial charge in [-0.2, -0.15) is 0 Å². The van der Waals surface area contributed by atoms with Crippen LogP contribution in [-0.2, 0) is 4.74 Å². The predicted octanol–water partition coefficient (Wildman–Crippen LogP) is 3.28. The number of allylic oxidation sites excluding steroid dienone is 2. The van der Waals surface area contributed by atoms with Gasteiger partial charge in [0.2, 0.25) is 0 Å². The lowest BCUT2D eigenvalue weighted by atomic mass is 10.3. The molecule has 0 aromatic heterocycles. The average molecular weight is 154 g/mol. The normalized spacial score (nSPS) is 10.4. The largest absolute Gasteiger partial charge is 0.494 e. The fraction of sp³-hybridized carbons (Fsp3) is 0.600. The topological polar surface area (TPSA) is 9.23 Å². The van der Waals surface area contributed by atoms with Crippen molar-refractivity contribution < 1.29 is 4.74 Å². The van der Waals surface area contributed by atoms with Gasteiger partial charge in [-0.25, -0.2) is 0 Å². The van der Waals surface area contributed by atoms with Crippen molar-refractivity contribution in [1.29, 1.82) is 0 Å². The van der Waals surface area contributed by atoms with Crippen molar-refractivity contribution in [3.63, 3.8) is 0 Å². The second-order valence-corrected chi connectivity index (χ2v) is 2.48. The van der Waals surface area contributed by atoms with E-state index in [1.807, 2.05) is 12.2 Å². The molecule has 0 saturated carbocycles. The minimum atomic E-state index is 0.778. The Bertz CT molecular complexity index is 125. The predicted molar refractivity (Wildman–Crippen MR) is 49.4 cm³/mol. The second-order valence-electron chi connectivity index (χ2n) is 2.48. The average Bonchev–Trinajstić information content (AvgIpc) is 2.01. The molecule has 0 spiro atoms. The molecular weight excluding hydrogens is 136 g/mol. The van der Waals surface area contributed by atoms with Gasteiger partial charge in [-0.1, -0.05) is 32.9 Å². The molecule has 0 heterocycles. The maximum atomic E-state index is 5.30. The third kappa shape index (κ3) is 7.17. The van der Waals surface area contributed by atoms with Gasteiger partial charge < -0.3 is 4.74 Å². The van der Waals surface area contributed by atoms with Crippen molar-refractivity contribution >= 4 is 0 Å². The molecule has 0 aliphatic carbocycles. The summed E-state index contributed by atoms with van der Waals surface area (Å²) in [5, 5.41) is 0. The maximum Gasteiger partial charge on any atom is 0.111 e. The van der Waals surface area contributed by atoms with Gasteiger partial charge in [-0.15, -0.1) is 0 Å². The highest BCUT2D eigenvalue weighted by atomic mass is 16.5. The van der Waals surface area contributed by atoms with Gasteiger partial charge in [0.15, 0.2) is 0 Å². The zero-order valence-electron chi connectivity index (χ0n) is 7.60. The molecule has 0 amide bonds. The molecule has 0 atom stereocenters. The van der Waals surface area contributed by atoms with Gasteiger partial charge in [0.05, 0.1) is 6.61 Å². The van der Waals surface area contributed by atoms with Gasteiger partial charge in [-0.05, 0) is 18.9 Å². The Morgan fingerprint density at radius 2 is 2.18 bits per heavy atom. The number of ether oxygens (including phenoxy) is 1. The first kappa shape index (κ1) is 10.3. The van der Waals surface area contributed by atoms with Gasteiger partial charge in [0, 0.05) is 0 Å². The zero-order chi connectivity index (χ0) is 8.53. The first-order chi connectivity index (χ1) is 5.31. The van der Waals surface area contributed by atoms with E-state index in [2.05, 4.69) is 20.4 Å². The van der Waals surface area contributed by atoms with Crippen LogP contribution in [0.25, 0.3) is 0 Å². The molecule has 0 aromatic carbocycles. The molecule has 0 aromatic rings. The summed E-state index contributed by atoms with van der Waals surface area (Å²) in [6.45, 7) is 8.79. The van der Waals surface area contributed by atoms with Crippen molar-refractivity contribution in [2.24, 2.45) is 0 Å². The minimum absolute atomic E-state index is 0.778. The maximum absolute atomic E-state index is 5.30. The monoisotopic (exact) mass is 154 g/mol. The third-order valence-electron chi connectivity index (χ3n) is 1.32. The smallest absolute Gasteiger partial charge is 0.111 e. The highest BCUT2D eigenvalue weighted by Gasteiger charge is 1.86. The molecule has 1 nitrogen and oxygen atoms in total. The van der Waals surface area contributed by atoms with E-state index in [0.29, 0.717) is 0 Å². The Morgan fingerprint density at radius 3 is 2.73 bits per heavy atom. The van der Waals surface area contributed by atoms with E-state index in [-0.39, 0.29) is 0 Å². The minimum Gasteiger partial charge on any atom is -0.494 e. The fourth-order valence-corrected chi connectivity index (χ4v) is 0.645. The van der Waals surface area contributed by atoms with Crippen LogP contribution in [0.1, 0.15) is 33.1 Å². The molecule has 11 heavy (non-hydrogen) atoms. The SMILES string of the molecule is C=C(/C=C/CC)OCCCC.